The Bertz CT molecular complexity index is 792. The maximum Gasteiger partial charge on any atom is 0.460 e. The van der Waals surface area contributed by atoms with Crippen LogP contribution in [0, 0.1) is 0 Å². The standard InChI is InChI=1S/C12F26/c13-1(14,3(17,18)5(21,22)7(25,26)9(29,30)11(33,34)35)2(15,16)4(19,20)6(23,24)8(27,28)10(31,32)12(36,37)38. The largest absolute Gasteiger partial charge is 0.460 e. The van der Waals surface area contributed by atoms with Crippen molar-refractivity contribution in [1.82, 2.24) is 0 Å². The summed E-state index contributed by atoms with van der Waals surface area (Å²) >= 11 is 0. The minimum absolute atomic E-state index is 8.18. The lowest BCUT2D eigenvalue weighted by atomic mass is 9.85. The van der Waals surface area contributed by atoms with Crippen molar-refractivity contribution in [3.63, 3.8) is 0 Å². The third kappa shape index (κ3) is 3.98. The van der Waals surface area contributed by atoms with Gasteiger partial charge in [0.25, 0.3) is 0 Å². The molecule has 0 aliphatic carbocycles. The van der Waals surface area contributed by atoms with Gasteiger partial charge < -0.3 is 0 Å². The molecule has 0 unspecified atom stereocenters. The zero-order chi connectivity index (χ0) is 32.0. The maximum absolute atomic E-state index is 13.3. The van der Waals surface area contributed by atoms with Crippen molar-refractivity contribution in [2.24, 2.45) is 0 Å². The molecule has 230 valence electrons. The fourth-order valence-electron chi connectivity index (χ4n) is 1.93. The van der Waals surface area contributed by atoms with Crippen molar-refractivity contribution in [3.05, 3.63) is 0 Å². The first-order chi connectivity index (χ1) is 15.8. The number of halogens is 26. The molecule has 0 nitrogen and oxygen atoms in total. The summed E-state index contributed by atoms with van der Waals surface area (Å²) in [6, 6.07) is 0. The quantitative estimate of drug-likeness (QED) is 0.223. The van der Waals surface area contributed by atoms with E-state index in [-0.39, 0.29) is 0 Å². The first-order valence-corrected chi connectivity index (χ1v) is 7.66. The van der Waals surface area contributed by atoms with Crippen LogP contribution in [0.2, 0.25) is 0 Å². The van der Waals surface area contributed by atoms with E-state index in [4.69, 9.17) is 0 Å². The Hall–Kier alpha value is -1.82. The molecule has 26 heteroatoms. The van der Waals surface area contributed by atoms with Gasteiger partial charge in [0.05, 0.1) is 0 Å². The van der Waals surface area contributed by atoms with Gasteiger partial charge in [0.2, 0.25) is 0 Å². The second kappa shape index (κ2) is 8.34. The molecule has 0 aliphatic rings. The summed E-state index contributed by atoms with van der Waals surface area (Å²) in [7, 11) is 0. The molecule has 0 saturated heterocycles. The van der Waals surface area contributed by atoms with Crippen LogP contribution in [0.4, 0.5) is 114 Å². The molecule has 0 fully saturated rings. The number of alkyl halides is 26. The predicted octanol–water partition coefficient (Wildman–Crippen LogP) is 8.46. The molecular weight excluding hydrogens is 638 g/mol. The van der Waals surface area contributed by atoms with Crippen LogP contribution in [0.25, 0.3) is 0 Å². The Balaban J connectivity index is 7.29. The highest BCUT2D eigenvalue weighted by Gasteiger charge is 2.99. The third-order valence-electron chi connectivity index (χ3n) is 4.26. The molecule has 0 radical (unpaired) electrons. The van der Waals surface area contributed by atoms with E-state index in [2.05, 4.69) is 0 Å². The van der Waals surface area contributed by atoms with E-state index in [0.717, 1.165) is 0 Å². The molecule has 0 N–H and O–H groups in total. The lowest BCUT2D eigenvalue weighted by Crippen LogP contribution is -2.78. The monoisotopic (exact) mass is 638 g/mol. The lowest BCUT2D eigenvalue weighted by molar-refractivity contribution is -0.484. The molecule has 0 aliphatic heterocycles. The average Bonchev–Trinajstić information content (AvgIpc) is 2.64. The van der Waals surface area contributed by atoms with Crippen LogP contribution in [0.1, 0.15) is 0 Å². The Morgan fingerprint density at radius 2 is 0.211 bits per heavy atom. The van der Waals surface area contributed by atoms with Gasteiger partial charge in [-0.15, -0.1) is 0 Å². The second-order valence-corrected chi connectivity index (χ2v) is 6.74. The van der Waals surface area contributed by atoms with Crippen molar-refractivity contribution in [2.45, 2.75) is 71.6 Å². The molecule has 0 rings (SSSR count). The number of rotatable bonds is 9. The van der Waals surface area contributed by atoms with E-state index in [9.17, 15) is 114 Å². The third-order valence-corrected chi connectivity index (χ3v) is 4.26. The van der Waals surface area contributed by atoms with Crippen molar-refractivity contribution >= 4 is 0 Å². The fourth-order valence-corrected chi connectivity index (χ4v) is 1.93. The van der Waals surface area contributed by atoms with Gasteiger partial charge in [0.15, 0.2) is 0 Å². The highest BCUT2D eigenvalue weighted by Crippen LogP contribution is 2.67. The minimum Gasteiger partial charge on any atom is -0.192 e. The predicted molar refractivity (Wildman–Crippen MR) is 61.6 cm³/mol. The van der Waals surface area contributed by atoms with Gasteiger partial charge in [0, 0.05) is 0 Å². The highest BCUT2D eigenvalue weighted by atomic mass is 19.4. The van der Waals surface area contributed by atoms with Crippen LogP contribution >= 0.6 is 0 Å². The molecule has 0 aromatic carbocycles. The van der Waals surface area contributed by atoms with E-state index < -0.39 is 71.6 Å². The number of hydrogen-bond donors (Lipinski definition) is 0. The van der Waals surface area contributed by atoms with Gasteiger partial charge >= 0.3 is 71.6 Å². The maximum atomic E-state index is 13.3. The van der Waals surface area contributed by atoms with Crippen molar-refractivity contribution in [2.75, 3.05) is 0 Å². The van der Waals surface area contributed by atoms with Gasteiger partial charge in [-0.2, -0.15) is 114 Å². The summed E-state index contributed by atoms with van der Waals surface area (Å²) in [6.07, 6.45) is -16.4. The minimum atomic E-state index is -9.65. The SMILES string of the molecule is FC(F)(F)C(F)(F)C(F)(F)C(F)(F)C(F)(F)C(F)(F)C(F)(F)C(F)(F)C(F)(F)C(F)(F)C(F)(F)C(F)(F)F. The van der Waals surface area contributed by atoms with Crippen molar-refractivity contribution in [3.8, 4) is 0 Å². The molecule has 38 heavy (non-hydrogen) atoms. The van der Waals surface area contributed by atoms with Gasteiger partial charge in [-0.3, -0.25) is 0 Å². The van der Waals surface area contributed by atoms with Gasteiger partial charge in [-0.1, -0.05) is 0 Å². The summed E-state index contributed by atoms with van der Waals surface area (Å²) in [6.45, 7) is 0. The molecule has 0 saturated carbocycles. The van der Waals surface area contributed by atoms with Crippen LogP contribution in [0.15, 0.2) is 0 Å². The summed E-state index contributed by atoms with van der Waals surface area (Å²) in [4.78, 5) is 0. The van der Waals surface area contributed by atoms with Crippen LogP contribution < -0.4 is 0 Å². The van der Waals surface area contributed by atoms with Gasteiger partial charge in [0.1, 0.15) is 0 Å². The summed E-state index contributed by atoms with van der Waals surface area (Å²) < 4.78 is 332. The van der Waals surface area contributed by atoms with Gasteiger partial charge in [-0.05, 0) is 0 Å². The summed E-state index contributed by atoms with van der Waals surface area (Å²) in [5.74, 6) is -92.8. The van der Waals surface area contributed by atoms with E-state index >= 15 is 0 Å². The van der Waals surface area contributed by atoms with Crippen LogP contribution in [0.5, 0.6) is 0 Å². The zero-order valence-corrected chi connectivity index (χ0v) is 15.8. The lowest BCUT2D eigenvalue weighted by Gasteiger charge is -2.45. The van der Waals surface area contributed by atoms with Crippen LogP contribution in [-0.2, 0) is 0 Å². The van der Waals surface area contributed by atoms with Crippen molar-refractivity contribution in [1.29, 1.82) is 0 Å². The second-order valence-electron chi connectivity index (χ2n) is 6.74. The fraction of sp³-hybridized carbons (Fsp3) is 1.00. The van der Waals surface area contributed by atoms with E-state index in [1.54, 1.807) is 0 Å². The summed E-state index contributed by atoms with van der Waals surface area (Å²) in [5, 5.41) is 0. The van der Waals surface area contributed by atoms with Crippen LogP contribution in [-0.4, -0.2) is 71.6 Å². The zero-order valence-electron chi connectivity index (χ0n) is 15.8. The van der Waals surface area contributed by atoms with Crippen LogP contribution in [0.3, 0.4) is 0 Å². The topological polar surface area (TPSA) is 0 Å². The van der Waals surface area contributed by atoms with E-state index in [1.807, 2.05) is 0 Å². The Labute approximate surface area is 187 Å². The van der Waals surface area contributed by atoms with E-state index in [1.165, 1.54) is 0 Å². The molecule has 0 aromatic heterocycles. The molecule has 0 heterocycles. The average molecular weight is 638 g/mol. The number of hydrogen-bond acceptors (Lipinski definition) is 0. The Morgan fingerprint density at radius 3 is 0.289 bits per heavy atom. The molecule has 0 spiro atoms. The molecule has 0 atom stereocenters. The van der Waals surface area contributed by atoms with Gasteiger partial charge in [-0.25, -0.2) is 0 Å². The molecule has 0 bridgehead atoms. The highest BCUT2D eigenvalue weighted by molar-refractivity contribution is 5.19. The molecule has 0 amide bonds. The van der Waals surface area contributed by atoms with Crippen molar-refractivity contribution < 1.29 is 114 Å². The first-order valence-electron chi connectivity index (χ1n) is 7.66. The molecule has 0 aromatic rings. The first kappa shape index (κ1) is 36.2. The summed E-state index contributed by atoms with van der Waals surface area (Å²) in [5.41, 5.74) is 0. The normalized spacial score (nSPS) is 17.2. The molecular formula is C12F26. The smallest absolute Gasteiger partial charge is 0.192 e. The Kier molecular flexibility index (Phi) is 7.95. The Morgan fingerprint density at radius 1 is 0.132 bits per heavy atom. The van der Waals surface area contributed by atoms with E-state index in [0.29, 0.717) is 0 Å².